The monoisotopic (exact) mass is 483 g/mol. The van der Waals surface area contributed by atoms with Gasteiger partial charge in [0.1, 0.15) is 0 Å². The van der Waals surface area contributed by atoms with E-state index in [2.05, 4.69) is 0 Å². The first-order valence-electron chi connectivity index (χ1n) is 12.4. The van der Waals surface area contributed by atoms with E-state index in [9.17, 15) is 0 Å². The van der Waals surface area contributed by atoms with Crippen molar-refractivity contribution < 1.29 is 23.7 Å². The van der Waals surface area contributed by atoms with E-state index in [1.807, 2.05) is 27.7 Å². The maximum absolute atomic E-state index is 6.01. The molecule has 0 aliphatic heterocycles. The Morgan fingerprint density at radius 2 is 1.06 bits per heavy atom. The smallest absolute Gasteiger partial charge is 0.157 e. The van der Waals surface area contributed by atoms with E-state index in [4.69, 9.17) is 29.4 Å². The molecule has 0 radical (unpaired) electrons. The number of unbranched alkanes of at least 4 members (excludes halogenated alkanes) is 1. The van der Waals surface area contributed by atoms with Crippen molar-refractivity contribution in [2.75, 3.05) is 64.2 Å². The van der Waals surface area contributed by atoms with Crippen LogP contribution in [0.1, 0.15) is 66.2 Å². The first-order valence-corrected chi connectivity index (χ1v) is 15.2. The Labute approximate surface area is 196 Å². The molecule has 0 rings (SSSR count). The third-order valence-electron chi connectivity index (χ3n) is 4.77. The van der Waals surface area contributed by atoms with Gasteiger partial charge in [0.25, 0.3) is 0 Å². The molecular weight excluding hydrogens is 432 g/mol. The van der Waals surface area contributed by atoms with E-state index in [1.54, 1.807) is 0 Å². The van der Waals surface area contributed by atoms with Gasteiger partial charge in [0.2, 0.25) is 0 Å². The van der Waals surface area contributed by atoms with Crippen LogP contribution >= 0.6 is 17.2 Å². The normalized spacial score (nSPS) is 13.6. The molecule has 0 saturated carbocycles. The summed E-state index contributed by atoms with van der Waals surface area (Å²) in [7, 11) is 1.93. The van der Waals surface area contributed by atoms with Crippen LogP contribution in [0.15, 0.2) is 0 Å². The second kappa shape index (κ2) is 25.2. The van der Waals surface area contributed by atoms with E-state index in [-0.39, 0.29) is 12.6 Å². The van der Waals surface area contributed by atoms with Gasteiger partial charge in [0.15, 0.2) is 12.6 Å². The summed E-state index contributed by atoms with van der Waals surface area (Å²) < 4.78 is 28.5. The number of hydrogen-bond acceptors (Lipinski definition) is 6. The summed E-state index contributed by atoms with van der Waals surface area (Å²) in [6, 6.07) is 0. The molecule has 0 amide bonds. The first-order chi connectivity index (χ1) is 15.2. The van der Waals surface area contributed by atoms with Crippen LogP contribution in [0.25, 0.3) is 0 Å². The molecule has 0 aliphatic carbocycles. The van der Waals surface area contributed by atoms with Crippen LogP contribution in [-0.4, -0.2) is 82.9 Å². The van der Waals surface area contributed by atoms with Crippen LogP contribution in [0.2, 0.25) is 0 Å². The fraction of sp³-hybridized carbons (Fsp3) is 1.00. The van der Waals surface area contributed by atoms with Gasteiger partial charge in [-0.2, -0.15) is 0 Å². The maximum Gasteiger partial charge on any atom is 0.157 e. The van der Waals surface area contributed by atoms with E-state index < -0.39 is 0 Å². The quantitative estimate of drug-likeness (QED) is 0.114. The van der Waals surface area contributed by atoms with Gasteiger partial charge in [-0.3, -0.25) is 0 Å². The molecule has 6 nitrogen and oxygen atoms in total. The van der Waals surface area contributed by atoms with Crippen molar-refractivity contribution in [3.05, 3.63) is 0 Å². The van der Waals surface area contributed by atoms with Crippen LogP contribution in [0.3, 0.4) is 0 Å². The summed E-state index contributed by atoms with van der Waals surface area (Å²) in [5.41, 5.74) is 5.65. The molecule has 0 spiro atoms. The number of rotatable bonds is 25. The van der Waals surface area contributed by atoms with Crippen LogP contribution in [0.5, 0.6) is 0 Å². The van der Waals surface area contributed by atoms with E-state index >= 15 is 0 Å². The Kier molecular flexibility index (Phi) is 25.8. The zero-order valence-corrected chi connectivity index (χ0v) is 22.7. The highest BCUT2D eigenvalue weighted by Gasteiger charge is 2.11. The molecule has 0 heterocycles. The molecule has 0 aromatic rings. The lowest BCUT2D eigenvalue weighted by Gasteiger charge is -2.19. The van der Waals surface area contributed by atoms with E-state index in [1.165, 1.54) is 37.5 Å². The average molecular weight is 484 g/mol. The third-order valence-corrected chi connectivity index (χ3v) is 7.40. The molecule has 8 heteroatoms. The highest BCUT2D eigenvalue weighted by molar-refractivity contribution is 7.38. The fourth-order valence-corrected chi connectivity index (χ4v) is 5.70. The van der Waals surface area contributed by atoms with Crippen molar-refractivity contribution in [3.63, 3.8) is 0 Å². The van der Waals surface area contributed by atoms with Gasteiger partial charge in [-0.15, -0.1) is 17.2 Å². The molecule has 0 aromatic carbocycles. The number of hydrogen-bond donors (Lipinski definition) is 1. The summed E-state index contributed by atoms with van der Waals surface area (Å²) in [6.45, 7) is 12.2. The van der Waals surface area contributed by atoms with Crippen molar-refractivity contribution in [3.8, 4) is 0 Å². The van der Waals surface area contributed by atoms with Crippen molar-refractivity contribution >= 4 is 17.2 Å². The minimum Gasteiger partial charge on any atom is -0.377 e. The highest BCUT2D eigenvalue weighted by atomic mass is 31.1. The van der Waals surface area contributed by atoms with Crippen LogP contribution in [0.4, 0.5) is 0 Å². The Morgan fingerprint density at radius 1 is 0.581 bits per heavy atom. The largest absolute Gasteiger partial charge is 0.377 e. The second-order valence-corrected chi connectivity index (χ2v) is 10.3. The predicted molar refractivity (Wildman–Crippen MR) is 137 cm³/mol. The molecule has 0 aliphatic rings. The molecule has 3 unspecified atom stereocenters. The Morgan fingerprint density at radius 3 is 1.55 bits per heavy atom. The zero-order valence-electron chi connectivity index (χ0n) is 20.7. The second-order valence-electron chi connectivity index (χ2n) is 7.32. The molecular formula is C23H51NO5P2. The van der Waals surface area contributed by atoms with Gasteiger partial charge in [0.05, 0.1) is 12.7 Å². The molecule has 0 fully saturated rings. The van der Waals surface area contributed by atoms with E-state index in [0.29, 0.717) is 32.5 Å². The molecule has 0 saturated heterocycles. The summed E-state index contributed by atoms with van der Waals surface area (Å²) in [5.74, 6) is 0. The van der Waals surface area contributed by atoms with Gasteiger partial charge in [-0.1, -0.05) is 6.42 Å². The Bertz CT molecular complexity index is 344. The van der Waals surface area contributed by atoms with Crippen molar-refractivity contribution in [1.82, 2.24) is 0 Å². The fourth-order valence-electron chi connectivity index (χ4n) is 3.29. The lowest BCUT2D eigenvalue weighted by Crippen LogP contribution is -2.20. The number of nitrogens with two attached hydrogens (primary N) is 1. The minimum atomic E-state index is -0.0371. The third kappa shape index (κ3) is 20.9. The van der Waals surface area contributed by atoms with Gasteiger partial charge < -0.3 is 29.4 Å². The molecule has 3 atom stereocenters. The molecule has 0 bridgehead atoms. The highest BCUT2D eigenvalue weighted by Crippen LogP contribution is 2.21. The summed E-state index contributed by atoms with van der Waals surface area (Å²) in [4.78, 5) is 0. The molecule has 2 N–H and O–H groups in total. The van der Waals surface area contributed by atoms with Crippen LogP contribution < -0.4 is 5.73 Å². The van der Waals surface area contributed by atoms with Crippen LogP contribution in [0, 0.1) is 0 Å². The van der Waals surface area contributed by atoms with Crippen molar-refractivity contribution in [2.24, 2.45) is 5.73 Å². The topological polar surface area (TPSA) is 72.2 Å². The first kappa shape index (κ1) is 31.6. The van der Waals surface area contributed by atoms with Gasteiger partial charge >= 0.3 is 0 Å². The van der Waals surface area contributed by atoms with Crippen molar-refractivity contribution in [2.45, 2.75) is 84.9 Å². The lowest BCUT2D eigenvalue weighted by molar-refractivity contribution is -0.136. The summed E-state index contributed by atoms with van der Waals surface area (Å²) >= 11 is 0. The predicted octanol–water partition coefficient (Wildman–Crippen LogP) is 4.83. The van der Waals surface area contributed by atoms with Gasteiger partial charge in [0, 0.05) is 45.8 Å². The summed E-state index contributed by atoms with van der Waals surface area (Å²) in [6.07, 6.45) is 12.0. The minimum absolute atomic E-state index is 0.0188. The molecule has 31 heavy (non-hydrogen) atoms. The van der Waals surface area contributed by atoms with Gasteiger partial charge in [-0.05, 0) is 71.6 Å². The zero-order chi connectivity index (χ0) is 23.0. The Balaban J connectivity index is 3.87. The Hall–Kier alpha value is 0.620. The SMILES string of the molecule is CCOC(CCPCCCCC(CCPCCC(OCC)OCC)OCCN)OCC. The number of ether oxygens (including phenoxy) is 5. The van der Waals surface area contributed by atoms with Gasteiger partial charge in [-0.25, -0.2) is 0 Å². The van der Waals surface area contributed by atoms with E-state index in [0.717, 1.165) is 56.1 Å². The summed E-state index contributed by atoms with van der Waals surface area (Å²) in [5, 5.41) is 0. The van der Waals surface area contributed by atoms with Crippen LogP contribution in [-0.2, 0) is 23.7 Å². The molecule has 188 valence electrons. The van der Waals surface area contributed by atoms with Crippen molar-refractivity contribution in [1.29, 1.82) is 0 Å². The maximum atomic E-state index is 6.01. The molecule has 0 aromatic heterocycles. The average Bonchev–Trinajstić information content (AvgIpc) is 2.76. The lowest BCUT2D eigenvalue weighted by atomic mass is 10.1. The standard InChI is InChI=1S/C23H51NO5P2/c1-5-25-22(26-6-2)13-19-30-17-10-9-11-21(29-16-15-24)12-18-31-20-14-23(27-7-3)28-8-4/h21-23,30-31H,5-20,24H2,1-4H3.